The van der Waals surface area contributed by atoms with Crippen LogP contribution in [-0.4, -0.2) is 25.8 Å². The van der Waals surface area contributed by atoms with Gasteiger partial charge in [0.25, 0.3) is 0 Å². The van der Waals surface area contributed by atoms with Gasteiger partial charge in [0, 0.05) is 15.6 Å². The summed E-state index contributed by atoms with van der Waals surface area (Å²) in [6, 6.07) is 10.8. The molecule has 6 nitrogen and oxygen atoms in total. The van der Waals surface area contributed by atoms with Crippen LogP contribution in [0.4, 0.5) is 0 Å². The Bertz CT molecular complexity index is 935. The molecule has 0 N–H and O–H groups in total. The highest BCUT2D eigenvalue weighted by molar-refractivity contribution is 9.10. The van der Waals surface area contributed by atoms with Crippen LogP contribution in [0, 0.1) is 0 Å². The number of halogens is 1. The molecule has 2 aromatic carbocycles. The van der Waals surface area contributed by atoms with E-state index in [2.05, 4.69) is 20.9 Å². The van der Waals surface area contributed by atoms with Crippen molar-refractivity contribution >= 4 is 33.9 Å². The summed E-state index contributed by atoms with van der Waals surface area (Å²) in [5, 5.41) is 0. The zero-order valence-corrected chi connectivity index (χ0v) is 14.7. The van der Waals surface area contributed by atoms with Crippen LogP contribution in [0.5, 0.6) is 17.2 Å². The number of ether oxygens (including phenoxy) is 4. The highest BCUT2D eigenvalue weighted by atomic mass is 79.9. The molecule has 0 amide bonds. The van der Waals surface area contributed by atoms with Gasteiger partial charge in [-0.25, -0.2) is 9.79 Å². The highest BCUT2D eigenvalue weighted by Gasteiger charge is 2.26. The SMILES string of the molecule is COc1ccc(Br)cc1/C=C1/N=C(c2ccc3c(c2)OCO3)OC1=O. The van der Waals surface area contributed by atoms with Gasteiger partial charge in [0.05, 0.1) is 7.11 Å². The van der Waals surface area contributed by atoms with Crippen molar-refractivity contribution in [2.45, 2.75) is 0 Å². The Morgan fingerprint density at radius 2 is 2.00 bits per heavy atom. The smallest absolute Gasteiger partial charge is 0.363 e. The highest BCUT2D eigenvalue weighted by Crippen LogP contribution is 2.34. The molecule has 0 spiro atoms. The minimum atomic E-state index is -0.519. The third kappa shape index (κ3) is 2.98. The van der Waals surface area contributed by atoms with Crippen LogP contribution in [0.1, 0.15) is 11.1 Å². The molecule has 0 bridgehead atoms. The Hall–Kier alpha value is -2.80. The number of nitrogens with zero attached hydrogens (tertiary/aromatic N) is 1. The van der Waals surface area contributed by atoms with Crippen LogP contribution in [-0.2, 0) is 9.53 Å². The first-order valence-electron chi connectivity index (χ1n) is 7.40. The lowest BCUT2D eigenvalue weighted by Gasteiger charge is -2.04. The number of benzene rings is 2. The number of hydrogen-bond donors (Lipinski definition) is 0. The molecule has 126 valence electrons. The maximum absolute atomic E-state index is 12.2. The van der Waals surface area contributed by atoms with Gasteiger partial charge in [-0.05, 0) is 42.5 Å². The lowest BCUT2D eigenvalue weighted by Crippen LogP contribution is -2.05. The number of cyclic esters (lactones) is 1. The molecule has 0 aromatic heterocycles. The van der Waals surface area contributed by atoms with Crippen molar-refractivity contribution in [3.63, 3.8) is 0 Å². The zero-order valence-electron chi connectivity index (χ0n) is 13.1. The predicted molar refractivity (Wildman–Crippen MR) is 93.9 cm³/mol. The van der Waals surface area contributed by atoms with E-state index in [4.69, 9.17) is 18.9 Å². The monoisotopic (exact) mass is 401 g/mol. The molecule has 25 heavy (non-hydrogen) atoms. The van der Waals surface area contributed by atoms with Crippen LogP contribution < -0.4 is 14.2 Å². The molecule has 0 saturated heterocycles. The molecular formula is C18H12BrNO5. The largest absolute Gasteiger partial charge is 0.496 e. The first kappa shape index (κ1) is 15.7. The average molecular weight is 402 g/mol. The van der Waals surface area contributed by atoms with Crippen molar-refractivity contribution in [1.29, 1.82) is 0 Å². The third-order valence-corrected chi connectivity index (χ3v) is 4.22. The minimum absolute atomic E-state index is 0.179. The van der Waals surface area contributed by atoms with E-state index in [1.165, 1.54) is 0 Å². The van der Waals surface area contributed by atoms with E-state index in [0.717, 1.165) is 10.0 Å². The maximum atomic E-state index is 12.2. The quantitative estimate of drug-likeness (QED) is 0.581. The zero-order chi connectivity index (χ0) is 17.4. The Morgan fingerprint density at radius 3 is 2.84 bits per heavy atom. The number of hydrogen-bond acceptors (Lipinski definition) is 6. The van der Waals surface area contributed by atoms with Gasteiger partial charge in [-0.15, -0.1) is 0 Å². The van der Waals surface area contributed by atoms with E-state index in [1.54, 1.807) is 37.5 Å². The summed E-state index contributed by atoms with van der Waals surface area (Å²) in [4.78, 5) is 16.5. The summed E-state index contributed by atoms with van der Waals surface area (Å²) in [5.74, 6) is 1.60. The molecule has 2 aliphatic rings. The molecule has 7 heteroatoms. The number of carbonyl (C=O) groups is 1. The third-order valence-electron chi connectivity index (χ3n) is 3.72. The van der Waals surface area contributed by atoms with Crippen molar-refractivity contribution in [2.24, 2.45) is 4.99 Å². The Labute approximate surface area is 151 Å². The fourth-order valence-electron chi connectivity index (χ4n) is 2.53. The fourth-order valence-corrected chi connectivity index (χ4v) is 2.91. The van der Waals surface area contributed by atoms with Crippen molar-refractivity contribution in [3.8, 4) is 17.2 Å². The van der Waals surface area contributed by atoms with Gasteiger partial charge in [-0.1, -0.05) is 15.9 Å². The van der Waals surface area contributed by atoms with Gasteiger partial charge < -0.3 is 18.9 Å². The number of esters is 1. The van der Waals surface area contributed by atoms with Crippen LogP contribution in [0.15, 0.2) is 51.6 Å². The van der Waals surface area contributed by atoms with Crippen LogP contribution in [0.25, 0.3) is 6.08 Å². The fraction of sp³-hybridized carbons (Fsp3) is 0.111. The molecule has 2 heterocycles. The standard InChI is InChI=1S/C18H12BrNO5/c1-22-14-5-3-12(19)6-11(14)7-13-18(21)25-17(20-13)10-2-4-15-16(8-10)24-9-23-15/h2-8H,9H2,1H3/b13-7+. The molecule has 0 unspecified atom stereocenters. The van der Waals surface area contributed by atoms with Gasteiger partial charge in [0.1, 0.15) is 5.75 Å². The number of carbonyl (C=O) groups excluding carboxylic acids is 1. The molecule has 0 fully saturated rings. The number of aliphatic imine (C=N–C) groups is 1. The summed E-state index contributed by atoms with van der Waals surface area (Å²) in [6.45, 7) is 0.179. The Morgan fingerprint density at radius 1 is 1.16 bits per heavy atom. The first-order chi connectivity index (χ1) is 12.1. The summed E-state index contributed by atoms with van der Waals surface area (Å²) in [7, 11) is 1.57. The second-order valence-corrected chi connectivity index (χ2v) is 6.21. The maximum Gasteiger partial charge on any atom is 0.363 e. The van der Waals surface area contributed by atoms with Crippen molar-refractivity contribution < 1.29 is 23.7 Å². The normalized spacial score (nSPS) is 16.8. The van der Waals surface area contributed by atoms with E-state index < -0.39 is 5.97 Å². The molecule has 2 aliphatic heterocycles. The first-order valence-corrected chi connectivity index (χ1v) is 8.19. The van der Waals surface area contributed by atoms with E-state index in [-0.39, 0.29) is 18.4 Å². The van der Waals surface area contributed by atoms with Gasteiger partial charge in [0.15, 0.2) is 17.2 Å². The minimum Gasteiger partial charge on any atom is -0.496 e. The second-order valence-electron chi connectivity index (χ2n) is 5.29. The molecule has 2 aromatic rings. The number of rotatable bonds is 3. The molecule has 0 atom stereocenters. The van der Waals surface area contributed by atoms with Crippen molar-refractivity contribution in [2.75, 3.05) is 13.9 Å². The Kier molecular flexibility index (Phi) is 3.93. The summed E-state index contributed by atoms with van der Waals surface area (Å²) in [5.41, 5.74) is 1.56. The van der Waals surface area contributed by atoms with Gasteiger partial charge in [-0.2, -0.15) is 0 Å². The lowest BCUT2D eigenvalue weighted by atomic mass is 10.1. The average Bonchev–Trinajstić information content (AvgIpc) is 3.21. The van der Waals surface area contributed by atoms with Crippen molar-refractivity contribution in [3.05, 3.63) is 57.7 Å². The van der Waals surface area contributed by atoms with E-state index >= 15 is 0 Å². The van der Waals surface area contributed by atoms with Crippen LogP contribution in [0.2, 0.25) is 0 Å². The van der Waals surface area contributed by atoms with E-state index in [1.807, 2.05) is 12.1 Å². The lowest BCUT2D eigenvalue weighted by molar-refractivity contribution is -0.129. The van der Waals surface area contributed by atoms with Crippen LogP contribution >= 0.6 is 15.9 Å². The summed E-state index contributed by atoms with van der Waals surface area (Å²) in [6.07, 6.45) is 1.63. The summed E-state index contributed by atoms with van der Waals surface area (Å²) >= 11 is 3.40. The molecule has 0 radical (unpaired) electrons. The topological polar surface area (TPSA) is 66.3 Å². The van der Waals surface area contributed by atoms with Crippen molar-refractivity contribution in [1.82, 2.24) is 0 Å². The Balaban J connectivity index is 1.70. The summed E-state index contributed by atoms with van der Waals surface area (Å²) < 4.78 is 22.1. The molecule has 4 rings (SSSR count). The van der Waals surface area contributed by atoms with E-state index in [9.17, 15) is 4.79 Å². The number of fused-ring (bicyclic) bond motifs is 1. The number of methoxy groups -OCH3 is 1. The van der Waals surface area contributed by atoms with Crippen LogP contribution in [0.3, 0.4) is 0 Å². The second kappa shape index (κ2) is 6.25. The molecule has 0 aliphatic carbocycles. The van der Waals surface area contributed by atoms with Gasteiger partial charge in [-0.3, -0.25) is 0 Å². The molecule has 0 saturated carbocycles. The van der Waals surface area contributed by atoms with E-state index in [0.29, 0.717) is 22.8 Å². The predicted octanol–water partition coefficient (Wildman–Crippen LogP) is 3.53. The van der Waals surface area contributed by atoms with Gasteiger partial charge in [0.2, 0.25) is 12.7 Å². The van der Waals surface area contributed by atoms with Gasteiger partial charge >= 0.3 is 5.97 Å². The molecular weight excluding hydrogens is 390 g/mol.